The molecule has 0 radical (unpaired) electrons. The maximum absolute atomic E-state index is 13.4. The first-order valence-corrected chi connectivity index (χ1v) is 10.3. The van der Waals surface area contributed by atoms with Crippen LogP contribution in [0.4, 0.5) is 0 Å². The largest absolute Gasteiger partial charge is 0.453 e. The van der Waals surface area contributed by atoms with Crippen molar-refractivity contribution in [3.05, 3.63) is 101 Å². The van der Waals surface area contributed by atoms with Crippen LogP contribution in [0.1, 0.15) is 5.56 Å². The van der Waals surface area contributed by atoms with Crippen LogP contribution in [0.3, 0.4) is 0 Å². The highest BCUT2D eigenvalue weighted by molar-refractivity contribution is 5.99. The summed E-state index contributed by atoms with van der Waals surface area (Å²) in [5, 5.41) is 7.08. The third kappa shape index (κ3) is 2.85. The van der Waals surface area contributed by atoms with Crippen molar-refractivity contribution < 1.29 is 4.42 Å². The van der Waals surface area contributed by atoms with Crippen molar-refractivity contribution in [2.45, 2.75) is 0 Å². The van der Waals surface area contributed by atoms with Crippen LogP contribution in [0.5, 0.6) is 0 Å². The summed E-state index contributed by atoms with van der Waals surface area (Å²) in [6, 6.07) is 24.9. The quantitative estimate of drug-likeness (QED) is 0.372. The first-order valence-electron chi connectivity index (χ1n) is 10.3. The number of benzene rings is 3. The highest BCUT2D eigenvalue weighted by Crippen LogP contribution is 2.27. The van der Waals surface area contributed by atoms with Crippen molar-refractivity contribution in [3.63, 3.8) is 0 Å². The topological polar surface area (TPSA) is 65.3 Å². The van der Waals surface area contributed by atoms with Crippen LogP contribution in [0.2, 0.25) is 0 Å². The van der Waals surface area contributed by atoms with Gasteiger partial charge in [0.25, 0.3) is 5.56 Å². The molecule has 0 fully saturated rings. The molecule has 0 aliphatic heterocycles. The maximum Gasteiger partial charge on any atom is 0.282 e. The van der Waals surface area contributed by atoms with Gasteiger partial charge in [-0.2, -0.15) is 9.78 Å². The zero-order chi connectivity index (χ0) is 21.7. The molecular weight excluding hydrogens is 400 g/mol. The van der Waals surface area contributed by atoms with Gasteiger partial charge in [0.05, 0.1) is 17.1 Å². The third-order valence-electron chi connectivity index (χ3n) is 5.64. The Morgan fingerprint density at radius 1 is 0.938 bits per heavy atom. The summed E-state index contributed by atoms with van der Waals surface area (Å²) in [4.78, 5) is 18.1. The summed E-state index contributed by atoms with van der Waals surface area (Å²) in [7, 11) is 1.99. The molecule has 0 N–H and O–H groups in total. The summed E-state index contributed by atoms with van der Waals surface area (Å²) in [6.07, 6.45) is 3.70. The molecule has 0 saturated carbocycles. The fourth-order valence-electron chi connectivity index (χ4n) is 4.08. The van der Waals surface area contributed by atoms with Crippen LogP contribution >= 0.6 is 0 Å². The Morgan fingerprint density at radius 3 is 2.56 bits per heavy atom. The second-order valence-corrected chi connectivity index (χ2v) is 7.68. The number of aryl methyl sites for hydroxylation is 1. The molecule has 6 nitrogen and oxygen atoms in total. The van der Waals surface area contributed by atoms with Crippen molar-refractivity contribution >= 4 is 39.0 Å². The maximum atomic E-state index is 13.4. The molecule has 154 valence electrons. The summed E-state index contributed by atoms with van der Waals surface area (Å²) >= 11 is 0. The fourth-order valence-corrected chi connectivity index (χ4v) is 4.08. The van der Waals surface area contributed by atoms with Crippen LogP contribution in [0, 0.1) is 0 Å². The van der Waals surface area contributed by atoms with E-state index in [1.807, 2.05) is 84.5 Å². The van der Waals surface area contributed by atoms with Gasteiger partial charge in [-0.05, 0) is 30.3 Å². The molecule has 3 heterocycles. The summed E-state index contributed by atoms with van der Waals surface area (Å²) < 4.78 is 9.39. The van der Waals surface area contributed by atoms with E-state index in [9.17, 15) is 4.79 Å². The van der Waals surface area contributed by atoms with Gasteiger partial charge in [0.15, 0.2) is 5.76 Å². The molecule has 0 bridgehead atoms. The van der Waals surface area contributed by atoms with Crippen molar-refractivity contribution in [2.75, 3.05) is 0 Å². The molecule has 6 heteroatoms. The molecule has 0 amide bonds. The standard InChI is InChI=1S/C26H18N4O2/c1-29-16-18(19-9-4-6-12-22(19)29)15-27-30-25(24-14-17-8-2-7-13-23(17)32-24)28-21-11-5-3-10-20(21)26(30)31/h2-16H,1H3. The molecule has 3 aromatic carbocycles. The number of hydrogen-bond donors (Lipinski definition) is 0. The molecule has 0 atom stereocenters. The summed E-state index contributed by atoms with van der Waals surface area (Å²) in [5.74, 6) is 0.852. The molecule has 0 aliphatic rings. The Morgan fingerprint density at radius 2 is 1.69 bits per heavy atom. The minimum Gasteiger partial charge on any atom is -0.453 e. The Bertz CT molecular complexity index is 1690. The van der Waals surface area contributed by atoms with Crippen molar-refractivity contribution in [1.82, 2.24) is 14.2 Å². The van der Waals surface area contributed by atoms with Crippen LogP contribution in [-0.2, 0) is 7.05 Å². The number of furan rings is 1. The van der Waals surface area contributed by atoms with Crippen LogP contribution in [0.15, 0.2) is 99.4 Å². The second-order valence-electron chi connectivity index (χ2n) is 7.68. The number of nitrogens with zero attached hydrogens (tertiary/aromatic N) is 4. The lowest BCUT2D eigenvalue weighted by Crippen LogP contribution is -2.20. The smallest absolute Gasteiger partial charge is 0.282 e. The zero-order valence-corrected chi connectivity index (χ0v) is 17.3. The Labute approximate surface area is 182 Å². The van der Waals surface area contributed by atoms with E-state index >= 15 is 0 Å². The van der Waals surface area contributed by atoms with Gasteiger partial charge in [-0.25, -0.2) is 4.98 Å². The Kier molecular flexibility index (Phi) is 4.04. The van der Waals surface area contributed by atoms with Crippen molar-refractivity contribution in [2.24, 2.45) is 12.1 Å². The van der Waals surface area contributed by atoms with Gasteiger partial charge in [-0.15, -0.1) is 0 Å². The lowest BCUT2D eigenvalue weighted by Gasteiger charge is -2.07. The minimum atomic E-state index is -0.248. The van der Waals surface area contributed by atoms with E-state index in [2.05, 4.69) is 11.2 Å². The van der Waals surface area contributed by atoms with Gasteiger partial charge in [-0.1, -0.05) is 48.5 Å². The molecule has 0 saturated heterocycles. The average Bonchev–Trinajstić information content (AvgIpc) is 3.40. The number of fused-ring (bicyclic) bond motifs is 3. The lowest BCUT2D eigenvalue weighted by molar-refractivity contribution is 0.616. The van der Waals surface area contributed by atoms with Crippen LogP contribution < -0.4 is 5.56 Å². The molecule has 0 spiro atoms. The monoisotopic (exact) mass is 418 g/mol. The number of para-hydroxylation sites is 3. The van der Waals surface area contributed by atoms with Gasteiger partial charge in [0, 0.05) is 35.1 Å². The lowest BCUT2D eigenvalue weighted by atomic mass is 10.2. The number of hydrogen-bond acceptors (Lipinski definition) is 4. The van der Waals surface area contributed by atoms with E-state index in [0.717, 1.165) is 27.4 Å². The fraction of sp³-hybridized carbons (Fsp3) is 0.0385. The molecule has 0 aliphatic carbocycles. The summed E-state index contributed by atoms with van der Waals surface area (Å²) in [6.45, 7) is 0. The van der Waals surface area contributed by atoms with Crippen molar-refractivity contribution in [1.29, 1.82) is 0 Å². The van der Waals surface area contributed by atoms with Gasteiger partial charge in [0.2, 0.25) is 5.82 Å². The average molecular weight is 418 g/mol. The Hall–Kier alpha value is -4.45. The second kappa shape index (κ2) is 7.06. The summed E-state index contributed by atoms with van der Waals surface area (Å²) in [5.41, 5.74) is 3.09. The molecule has 0 unspecified atom stereocenters. The molecule has 32 heavy (non-hydrogen) atoms. The first-order chi connectivity index (χ1) is 15.7. The van der Waals surface area contributed by atoms with E-state index < -0.39 is 0 Å². The van der Waals surface area contributed by atoms with Crippen LogP contribution in [-0.4, -0.2) is 20.4 Å². The Balaban J connectivity index is 1.59. The molecule has 6 aromatic rings. The predicted octanol–water partition coefficient (Wildman–Crippen LogP) is 5.18. The number of aromatic nitrogens is 3. The predicted molar refractivity (Wildman–Crippen MR) is 127 cm³/mol. The molecule has 3 aromatic heterocycles. The van der Waals surface area contributed by atoms with E-state index in [-0.39, 0.29) is 5.56 Å². The normalized spacial score (nSPS) is 11.9. The zero-order valence-electron chi connectivity index (χ0n) is 17.3. The van der Waals surface area contributed by atoms with Crippen molar-refractivity contribution in [3.8, 4) is 11.6 Å². The minimum absolute atomic E-state index is 0.248. The highest BCUT2D eigenvalue weighted by atomic mass is 16.3. The van der Waals surface area contributed by atoms with Gasteiger partial charge < -0.3 is 8.98 Å². The SMILES string of the molecule is Cn1cc(C=Nn2c(-c3cc4ccccc4o3)nc3ccccc3c2=O)c2ccccc21. The van der Waals surface area contributed by atoms with Gasteiger partial charge in [-0.3, -0.25) is 4.79 Å². The third-order valence-corrected chi connectivity index (χ3v) is 5.64. The van der Waals surface area contributed by atoms with E-state index in [4.69, 9.17) is 9.40 Å². The molecular formula is C26H18N4O2. The first kappa shape index (κ1) is 18.3. The number of rotatable bonds is 3. The van der Waals surface area contributed by atoms with E-state index in [0.29, 0.717) is 22.5 Å². The molecule has 6 rings (SSSR count). The van der Waals surface area contributed by atoms with Gasteiger partial charge >= 0.3 is 0 Å². The highest BCUT2D eigenvalue weighted by Gasteiger charge is 2.16. The van der Waals surface area contributed by atoms with E-state index in [1.165, 1.54) is 4.68 Å². The van der Waals surface area contributed by atoms with Crippen LogP contribution in [0.25, 0.3) is 44.4 Å². The van der Waals surface area contributed by atoms with E-state index in [1.54, 1.807) is 12.3 Å². The van der Waals surface area contributed by atoms with Gasteiger partial charge in [0.1, 0.15) is 5.58 Å².